The maximum absolute atomic E-state index is 11.1. The summed E-state index contributed by atoms with van der Waals surface area (Å²) in [5.74, 6) is 0.353. The van der Waals surface area contributed by atoms with Gasteiger partial charge in [0, 0.05) is 35.6 Å². The van der Waals surface area contributed by atoms with E-state index in [0.29, 0.717) is 12.1 Å². The molecular formula is C20H24BrIN4O. The van der Waals surface area contributed by atoms with E-state index in [0.717, 1.165) is 22.5 Å². The highest BCUT2D eigenvalue weighted by molar-refractivity contribution is 14.0. The van der Waals surface area contributed by atoms with Crippen LogP contribution in [0.1, 0.15) is 34.3 Å². The quantitative estimate of drug-likeness (QED) is 0.296. The molecule has 1 amide bonds. The van der Waals surface area contributed by atoms with Crippen LogP contribution in [0.15, 0.2) is 58.0 Å². The predicted molar refractivity (Wildman–Crippen MR) is 124 cm³/mol. The number of carbonyl (C=O) groups is 1. The van der Waals surface area contributed by atoms with Crippen molar-refractivity contribution in [3.63, 3.8) is 0 Å². The zero-order valence-corrected chi connectivity index (χ0v) is 19.1. The molecule has 0 spiro atoms. The number of hydrogen-bond donors (Lipinski definition) is 3. The molecule has 1 aliphatic carbocycles. The third kappa shape index (κ3) is 5.44. The molecule has 5 nitrogen and oxygen atoms in total. The molecule has 3 rings (SSSR count). The fourth-order valence-electron chi connectivity index (χ4n) is 3.03. The van der Waals surface area contributed by atoms with Gasteiger partial charge in [-0.25, -0.2) is 0 Å². The maximum Gasteiger partial charge on any atom is 0.248 e. The third-order valence-electron chi connectivity index (χ3n) is 4.82. The van der Waals surface area contributed by atoms with Gasteiger partial charge < -0.3 is 16.4 Å². The molecule has 0 aromatic heterocycles. The van der Waals surface area contributed by atoms with E-state index < -0.39 is 5.91 Å². The van der Waals surface area contributed by atoms with Crippen LogP contribution in [0, 0.1) is 0 Å². The molecule has 0 bridgehead atoms. The van der Waals surface area contributed by atoms with Crippen molar-refractivity contribution < 1.29 is 4.79 Å². The summed E-state index contributed by atoms with van der Waals surface area (Å²) >= 11 is 3.67. The average molecular weight is 543 g/mol. The lowest BCUT2D eigenvalue weighted by molar-refractivity contribution is 0.100. The topological polar surface area (TPSA) is 79.5 Å². The number of carbonyl (C=O) groups excluding carboxylic acids is 1. The Morgan fingerprint density at radius 1 is 1.15 bits per heavy atom. The predicted octanol–water partition coefficient (Wildman–Crippen LogP) is 3.56. The smallest absolute Gasteiger partial charge is 0.248 e. The maximum atomic E-state index is 11.1. The molecule has 144 valence electrons. The van der Waals surface area contributed by atoms with E-state index in [2.05, 4.69) is 49.8 Å². The number of nitrogens with one attached hydrogen (secondary N) is 2. The van der Waals surface area contributed by atoms with Gasteiger partial charge in [-0.15, -0.1) is 24.0 Å². The van der Waals surface area contributed by atoms with E-state index in [1.165, 1.54) is 18.4 Å². The molecule has 0 aliphatic heterocycles. The van der Waals surface area contributed by atoms with Crippen LogP contribution in [-0.2, 0) is 12.0 Å². The van der Waals surface area contributed by atoms with Gasteiger partial charge in [-0.2, -0.15) is 0 Å². The van der Waals surface area contributed by atoms with Crippen molar-refractivity contribution in [2.75, 3.05) is 13.6 Å². The summed E-state index contributed by atoms with van der Waals surface area (Å²) in [5.41, 5.74) is 8.37. The Morgan fingerprint density at radius 2 is 1.81 bits per heavy atom. The van der Waals surface area contributed by atoms with Gasteiger partial charge in [-0.3, -0.25) is 9.79 Å². The Morgan fingerprint density at radius 3 is 2.37 bits per heavy atom. The molecule has 0 heterocycles. The largest absolute Gasteiger partial charge is 0.366 e. The minimum absolute atomic E-state index is 0. The highest BCUT2D eigenvalue weighted by atomic mass is 127. The van der Waals surface area contributed by atoms with Gasteiger partial charge in [0.1, 0.15) is 0 Å². The first kappa shape index (κ1) is 21.7. The van der Waals surface area contributed by atoms with Gasteiger partial charge in [0.15, 0.2) is 5.96 Å². The first-order chi connectivity index (χ1) is 12.5. The van der Waals surface area contributed by atoms with Crippen LogP contribution in [0.4, 0.5) is 0 Å². The zero-order valence-electron chi connectivity index (χ0n) is 15.2. The van der Waals surface area contributed by atoms with Crippen molar-refractivity contribution in [1.29, 1.82) is 0 Å². The second kappa shape index (κ2) is 9.54. The summed E-state index contributed by atoms with van der Waals surface area (Å²) in [6.45, 7) is 1.47. The average Bonchev–Trinajstić information content (AvgIpc) is 3.43. The lowest BCUT2D eigenvalue weighted by Crippen LogP contribution is -2.41. The van der Waals surface area contributed by atoms with Crippen LogP contribution in [0.5, 0.6) is 0 Å². The molecule has 1 aliphatic rings. The van der Waals surface area contributed by atoms with Crippen molar-refractivity contribution in [1.82, 2.24) is 10.6 Å². The lowest BCUT2D eigenvalue weighted by atomic mass is 9.96. The van der Waals surface area contributed by atoms with Crippen molar-refractivity contribution >= 4 is 51.8 Å². The fraction of sp³-hybridized carbons (Fsp3) is 0.300. The second-order valence-electron chi connectivity index (χ2n) is 6.60. The number of primary amides is 1. The second-order valence-corrected chi connectivity index (χ2v) is 7.46. The van der Waals surface area contributed by atoms with Crippen molar-refractivity contribution in [2.24, 2.45) is 10.7 Å². The summed E-state index contributed by atoms with van der Waals surface area (Å²) in [6, 6.07) is 15.7. The molecule has 1 saturated carbocycles. The number of amides is 1. The lowest BCUT2D eigenvalue weighted by Gasteiger charge is -2.20. The Bertz CT molecular complexity index is 819. The molecule has 27 heavy (non-hydrogen) atoms. The Balaban J connectivity index is 0.00000261. The standard InChI is InChI=1S/C20H23BrN4O.HI/c1-23-19(24-12-14-6-8-15(9-7-14)18(22)26)25-13-20(10-11-20)16-4-2-3-5-17(16)21;/h2-9H,10-13H2,1H3,(H2,22,26)(H2,23,24,25);1H. The molecular weight excluding hydrogens is 519 g/mol. The molecule has 0 radical (unpaired) electrons. The van der Waals surface area contributed by atoms with Gasteiger partial charge in [0.25, 0.3) is 0 Å². The summed E-state index contributed by atoms with van der Waals surface area (Å²) in [5, 5.41) is 6.75. The molecule has 4 N–H and O–H groups in total. The van der Waals surface area contributed by atoms with Crippen LogP contribution in [-0.4, -0.2) is 25.5 Å². The monoisotopic (exact) mass is 542 g/mol. The van der Waals surface area contributed by atoms with E-state index >= 15 is 0 Å². The number of benzene rings is 2. The Kier molecular flexibility index (Phi) is 7.67. The molecule has 0 saturated heterocycles. The van der Waals surface area contributed by atoms with Crippen molar-refractivity contribution in [3.05, 3.63) is 69.7 Å². The number of halogens is 2. The van der Waals surface area contributed by atoms with Gasteiger partial charge in [-0.05, 0) is 42.2 Å². The third-order valence-corrected chi connectivity index (χ3v) is 5.51. The molecule has 1 fully saturated rings. The van der Waals surface area contributed by atoms with Gasteiger partial charge in [-0.1, -0.05) is 46.3 Å². The molecule has 7 heteroatoms. The van der Waals surface area contributed by atoms with E-state index in [4.69, 9.17) is 5.73 Å². The van der Waals surface area contributed by atoms with Crippen molar-refractivity contribution in [3.8, 4) is 0 Å². The number of hydrogen-bond acceptors (Lipinski definition) is 2. The minimum Gasteiger partial charge on any atom is -0.366 e. The summed E-state index contributed by atoms with van der Waals surface area (Å²) in [7, 11) is 1.77. The van der Waals surface area contributed by atoms with E-state index in [1.54, 1.807) is 19.2 Å². The number of rotatable bonds is 6. The van der Waals surface area contributed by atoms with Crippen LogP contribution < -0.4 is 16.4 Å². The summed E-state index contributed by atoms with van der Waals surface area (Å²) in [4.78, 5) is 15.4. The number of nitrogens with zero attached hydrogens (tertiary/aromatic N) is 1. The van der Waals surface area contributed by atoms with E-state index in [9.17, 15) is 4.79 Å². The first-order valence-electron chi connectivity index (χ1n) is 8.62. The normalized spacial score (nSPS) is 14.8. The molecule has 0 atom stereocenters. The SMILES string of the molecule is CN=C(NCc1ccc(C(N)=O)cc1)NCC1(c2ccccc2Br)CC1.I. The van der Waals surface area contributed by atoms with Gasteiger partial charge in [0.05, 0.1) is 0 Å². The number of nitrogens with two attached hydrogens (primary N) is 1. The molecule has 2 aromatic carbocycles. The van der Waals surface area contributed by atoms with E-state index in [-0.39, 0.29) is 29.4 Å². The highest BCUT2D eigenvalue weighted by Crippen LogP contribution is 2.49. The van der Waals surface area contributed by atoms with Crippen molar-refractivity contribution in [2.45, 2.75) is 24.8 Å². The van der Waals surface area contributed by atoms with Crippen LogP contribution >= 0.6 is 39.9 Å². The zero-order chi connectivity index (χ0) is 18.6. The Labute approximate surface area is 185 Å². The van der Waals surface area contributed by atoms with Crippen LogP contribution in [0.3, 0.4) is 0 Å². The van der Waals surface area contributed by atoms with Crippen LogP contribution in [0.25, 0.3) is 0 Å². The molecule has 2 aromatic rings. The van der Waals surface area contributed by atoms with Gasteiger partial charge >= 0.3 is 0 Å². The first-order valence-corrected chi connectivity index (χ1v) is 9.42. The molecule has 0 unspecified atom stereocenters. The number of aliphatic imine (C=N–C) groups is 1. The Hall–Kier alpha value is -1.61. The highest BCUT2D eigenvalue weighted by Gasteiger charge is 2.45. The number of guanidine groups is 1. The summed E-state index contributed by atoms with van der Waals surface area (Å²) < 4.78 is 1.16. The minimum atomic E-state index is -0.413. The van der Waals surface area contributed by atoms with Crippen LogP contribution in [0.2, 0.25) is 0 Å². The van der Waals surface area contributed by atoms with Gasteiger partial charge in [0.2, 0.25) is 5.91 Å². The summed E-state index contributed by atoms with van der Waals surface area (Å²) in [6.07, 6.45) is 2.35. The van der Waals surface area contributed by atoms with E-state index in [1.807, 2.05) is 18.2 Å². The fourth-order valence-corrected chi connectivity index (χ4v) is 3.74.